The van der Waals surface area contributed by atoms with Gasteiger partial charge in [-0.1, -0.05) is 23.7 Å². The van der Waals surface area contributed by atoms with Crippen molar-refractivity contribution in [1.29, 1.82) is 0 Å². The molecule has 0 bridgehead atoms. The van der Waals surface area contributed by atoms with Crippen molar-refractivity contribution >= 4 is 24.0 Å². The maximum absolute atomic E-state index is 6.35. The van der Waals surface area contributed by atoms with E-state index in [1.165, 1.54) is 18.4 Å². The van der Waals surface area contributed by atoms with Crippen LogP contribution in [0, 0.1) is 0 Å². The Kier molecular flexibility index (Phi) is 5.11. The fraction of sp³-hybridized carbons (Fsp3) is 0.538. The van der Waals surface area contributed by atoms with Gasteiger partial charge in [-0.2, -0.15) is 0 Å². The molecule has 1 saturated carbocycles. The minimum absolute atomic E-state index is 0. The first-order valence-electron chi connectivity index (χ1n) is 5.85. The quantitative estimate of drug-likeness (QED) is 0.900. The lowest BCUT2D eigenvalue weighted by molar-refractivity contribution is 0.336. The summed E-state index contributed by atoms with van der Waals surface area (Å²) < 4.78 is 5.67. The Labute approximate surface area is 114 Å². The Bertz CT molecular complexity index is 389. The second-order valence-corrected chi connectivity index (χ2v) is 4.76. The smallest absolute Gasteiger partial charge is 0.141 e. The predicted octanol–water partition coefficient (Wildman–Crippen LogP) is 4.06. The highest BCUT2D eigenvalue weighted by atomic mass is 35.5. The second kappa shape index (κ2) is 5.94. The van der Waals surface area contributed by atoms with E-state index in [0.717, 1.165) is 11.3 Å². The van der Waals surface area contributed by atoms with Gasteiger partial charge in [0.1, 0.15) is 5.75 Å². The summed E-state index contributed by atoms with van der Waals surface area (Å²) in [6.45, 7) is 4.56. The van der Waals surface area contributed by atoms with Gasteiger partial charge < -0.3 is 10.5 Å². The van der Waals surface area contributed by atoms with Gasteiger partial charge in [0.15, 0.2) is 0 Å². The lowest BCUT2D eigenvalue weighted by Crippen LogP contribution is -2.07. The number of benzene rings is 1. The summed E-state index contributed by atoms with van der Waals surface area (Å²) in [7, 11) is 0. The Morgan fingerprint density at radius 3 is 2.59 bits per heavy atom. The van der Waals surface area contributed by atoms with Crippen LogP contribution in [0.3, 0.4) is 0 Å². The zero-order valence-electron chi connectivity index (χ0n) is 10.2. The summed E-state index contributed by atoms with van der Waals surface area (Å²) in [5, 5.41) is 0.696. The van der Waals surface area contributed by atoms with Crippen LogP contribution in [0.25, 0.3) is 0 Å². The summed E-state index contributed by atoms with van der Waals surface area (Å²) in [6, 6.07) is 4.09. The number of hydrogen-bond donors (Lipinski definition) is 1. The normalized spacial score (nSPS) is 16.2. The van der Waals surface area contributed by atoms with Gasteiger partial charge in [0, 0.05) is 6.04 Å². The van der Waals surface area contributed by atoms with E-state index < -0.39 is 0 Å². The molecule has 0 aliphatic heterocycles. The summed E-state index contributed by atoms with van der Waals surface area (Å²) in [5.41, 5.74) is 8.10. The SMILES string of the molecule is CCOc1c(C2CC2)ccc(C(C)N)c1Cl.Cl. The number of hydrogen-bond acceptors (Lipinski definition) is 2. The first-order valence-corrected chi connectivity index (χ1v) is 6.23. The highest BCUT2D eigenvalue weighted by Crippen LogP contribution is 2.47. The van der Waals surface area contributed by atoms with Gasteiger partial charge in [0.25, 0.3) is 0 Å². The molecule has 0 saturated heterocycles. The molecular weight excluding hydrogens is 257 g/mol. The third-order valence-corrected chi connectivity index (χ3v) is 3.34. The van der Waals surface area contributed by atoms with Crippen molar-refractivity contribution in [3.63, 3.8) is 0 Å². The van der Waals surface area contributed by atoms with Crippen molar-refractivity contribution in [2.45, 2.75) is 38.6 Å². The standard InChI is InChI=1S/C13H18ClNO.ClH/c1-3-16-13-11(9-4-5-9)7-6-10(8(2)15)12(13)14;/h6-9H,3-5,15H2,1-2H3;1H. The summed E-state index contributed by atoms with van der Waals surface area (Å²) in [6.07, 6.45) is 2.49. The maximum Gasteiger partial charge on any atom is 0.141 e. The largest absolute Gasteiger partial charge is 0.492 e. The Morgan fingerprint density at radius 1 is 1.47 bits per heavy atom. The molecule has 96 valence electrons. The molecule has 4 heteroatoms. The van der Waals surface area contributed by atoms with Crippen LogP contribution >= 0.6 is 24.0 Å². The van der Waals surface area contributed by atoms with E-state index in [-0.39, 0.29) is 18.4 Å². The molecule has 17 heavy (non-hydrogen) atoms. The van der Waals surface area contributed by atoms with Crippen molar-refractivity contribution in [3.05, 3.63) is 28.3 Å². The van der Waals surface area contributed by atoms with Crippen molar-refractivity contribution < 1.29 is 4.74 Å². The van der Waals surface area contributed by atoms with E-state index >= 15 is 0 Å². The van der Waals surface area contributed by atoms with Gasteiger partial charge in [0.2, 0.25) is 0 Å². The monoisotopic (exact) mass is 275 g/mol. The van der Waals surface area contributed by atoms with Gasteiger partial charge >= 0.3 is 0 Å². The number of rotatable bonds is 4. The van der Waals surface area contributed by atoms with Crippen LogP contribution in [-0.4, -0.2) is 6.61 Å². The molecule has 1 fully saturated rings. The first-order chi connectivity index (χ1) is 7.65. The molecule has 1 atom stereocenters. The van der Waals surface area contributed by atoms with Crippen molar-refractivity contribution in [2.24, 2.45) is 5.73 Å². The summed E-state index contributed by atoms with van der Waals surface area (Å²) >= 11 is 6.35. The molecule has 0 aromatic heterocycles. The van der Waals surface area contributed by atoms with Crippen molar-refractivity contribution in [3.8, 4) is 5.75 Å². The van der Waals surface area contributed by atoms with Crippen LogP contribution in [-0.2, 0) is 0 Å². The molecule has 0 amide bonds. The molecule has 0 spiro atoms. The molecule has 2 nitrogen and oxygen atoms in total. The topological polar surface area (TPSA) is 35.2 Å². The molecular formula is C13H19Cl2NO. The predicted molar refractivity (Wildman–Crippen MR) is 74.4 cm³/mol. The third kappa shape index (κ3) is 3.06. The first kappa shape index (κ1) is 14.6. The van der Waals surface area contributed by atoms with E-state index in [1.807, 2.05) is 19.9 Å². The van der Waals surface area contributed by atoms with Gasteiger partial charge in [-0.05, 0) is 43.7 Å². The average Bonchev–Trinajstić information content (AvgIpc) is 3.04. The lowest BCUT2D eigenvalue weighted by Gasteiger charge is -2.16. The van der Waals surface area contributed by atoms with Gasteiger partial charge in [0.05, 0.1) is 11.6 Å². The Morgan fingerprint density at radius 2 is 2.12 bits per heavy atom. The molecule has 1 aromatic rings. The number of ether oxygens (including phenoxy) is 1. The molecule has 0 radical (unpaired) electrons. The van der Waals surface area contributed by atoms with Gasteiger partial charge in [-0.25, -0.2) is 0 Å². The van der Waals surface area contributed by atoms with Crippen molar-refractivity contribution in [2.75, 3.05) is 6.61 Å². The molecule has 0 heterocycles. The number of nitrogens with two attached hydrogens (primary N) is 1. The van der Waals surface area contributed by atoms with E-state index in [4.69, 9.17) is 22.1 Å². The van der Waals surface area contributed by atoms with Crippen LogP contribution < -0.4 is 10.5 Å². The van der Waals surface area contributed by atoms with E-state index in [9.17, 15) is 0 Å². The number of halogens is 2. The minimum atomic E-state index is -0.0556. The van der Waals surface area contributed by atoms with E-state index in [2.05, 4.69) is 6.07 Å². The molecule has 2 N–H and O–H groups in total. The fourth-order valence-corrected chi connectivity index (χ4v) is 2.34. The van der Waals surface area contributed by atoms with Gasteiger partial charge in [-0.3, -0.25) is 0 Å². The highest BCUT2D eigenvalue weighted by Gasteiger charge is 2.29. The van der Waals surface area contributed by atoms with Crippen LogP contribution in [0.4, 0.5) is 0 Å². The van der Waals surface area contributed by atoms with E-state index in [1.54, 1.807) is 0 Å². The Hall–Kier alpha value is -0.440. The van der Waals surface area contributed by atoms with Crippen LogP contribution in [0.1, 0.15) is 49.8 Å². The molecule has 1 aromatic carbocycles. The Balaban J connectivity index is 0.00000144. The minimum Gasteiger partial charge on any atom is -0.492 e. The van der Waals surface area contributed by atoms with Crippen LogP contribution in [0.2, 0.25) is 5.02 Å². The molecule has 2 rings (SSSR count). The molecule has 1 aliphatic carbocycles. The van der Waals surface area contributed by atoms with Gasteiger partial charge in [-0.15, -0.1) is 12.4 Å². The zero-order chi connectivity index (χ0) is 11.7. The van der Waals surface area contributed by atoms with Crippen LogP contribution in [0.5, 0.6) is 5.75 Å². The lowest BCUT2D eigenvalue weighted by atomic mass is 10.0. The van der Waals surface area contributed by atoms with Crippen molar-refractivity contribution in [1.82, 2.24) is 0 Å². The summed E-state index contributed by atoms with van der Waals surface area (Å²) in [5.74, 6) is 1.49. The maximum atomic E-state index is 6.35. The van der Waals surface area contributed by atoms with Crippen LogP contribution in [0.15, 0.2) is 12.1 Å². The molecule has 1 unspecified atom stereocenters. The second-order valence-electron chi connectivity index (χ2n) is 4.38. The summed E-state index contributed by atoms with van der Waals surface area (Å²) in [4.78, 5) is 0. The van der Waals surface area contributed by atoms with E-state index in [0.29, 0.717) is 17.5 Å². The average molecular weight is 276 g/mol. The zero-order valence-corrected chi connectivity index (χ0v) is 11.8. The fourth-order valence-electron chi connectivity index (χ4n) is 1.94. The molecule has 1 aliphatic rings. The highest BCUT2D eigenvalue weighted by molar-refractivity contribution is 6.33. The third-order valence-electron chi connectivity index (χ3n) is 2.95.